The lowest BCUT2D eigenvalue weighted by Crippen LogP contribution is -2.52. The summed E-state index contributed by atoms with van der Waals surface area (Å²) in [4.78, 5) is 34.9. The van der Waals surface area contributed by atoms with Crippen molar-refractivity contribution < 1.29 is 9.59 Å². The molecule has 5 aromatic rings. The number of aryl methyl sites for hydroxylation is 2. The van der Waals surface area contributed by atoms with Gasteiger partial charge in [-0.3, -0.25) is 14.6 Å². The number of carbonyl (C=O) groups excluding carboxylic acids is 2. The van der Waals surface area contributed by atoms with E-state index in [4.69, 9.17) is 16.6 Å². The first kappa shape index (κ1) is 29.5. The smallest absolute Gasteiger partial charge is 0.252 e. The van der Waals surface area contributed by atoms with Crippen LogP contribution in [0.5, 0.6) is 0 Å². The van der Waals surface area contributed by atoms with Crippen LogP contribution in [0, 0.1) is 6.92 Å². The van der Waals surface area contributed by atoms with Gasteiger partial charge in [0.05, 0.1) is 27.3 Å². The van der Waals surface area contributed by atoms with E-state index in [1.54, 1.807) is 19.2 Å². The molecule has 0 atom stereocenters. The van der Waals surface area contributed by atoms with E-state index in [1.807, 2.05) is 55.7 Å². The molecule has 2 aliphatic rings. The number of imidazole rings is 1. The summed E-state index contributed by atoms with van der Waals surface area (Å²) in [6.45, 7) is 3.68. The summed E-state index contributed by atoms with van der Waals surface area (Å²) in [6, 6.07) is 14.3. The predicted octanol–water partition coefficient (Wildman–Crippen LogP) is 8.47. The van der Waals surface area contributed by atoms with Crippen molar-refractivity contribution in [3.8, 4) is 11.3 Å². The molecule has 8 heteroatoms. The van der Waals surface area contributed by atoms with Gasteiger partial charge in [-0.25, -0.2) is 4.98 Å². The van der Waals surface area contributed by atoms with Crippen molar-refractivity contribution in [2.24, 2.45) is 7.05 Å². The highest BCUT2D eigenvalue weighted by atomic mass is 35.5. The van der Waals surface area contributed by atoms with Crippen LogP contribution < -0.4 is 5.32 Å². The maximum absolute atomic E-state index is 14.0. The number of fused-ring (bicyclic) bond motifs is 2. The number of ketones is 1. The molecule has 0 aliphatic heterocycles. The van der Waals surface area contributed by atoms with Crippen LogP contribution in [0.25, 0.3) is 39.3 Å². The standard InChI is InChI=1S/C37H38ClN5O2/c1-23(44)10-11-25-12-14-31-33(20-25)42(3)36(40-31)37(17-7-18-37)41-35(45)26-13-15-32-28(21-26)24(2)34(29-22-39-19-16-30(29)38)43(32)27-8-5-4-6-9-27/h10-16,19-22,27H,4-9,17-18H2,1-3H3,(H,41,45)/b11-10+. The zero-order chi connectivity index (χ0) is 31.3. The van der Waals surface area contributed by atoms with Crippen LogP contribution in [0.1, 0.15) is 91.6 Å². The molecule has 230 valence electrons. The number of benzene rings is 2. The summed E-state index contributed by atoms with van der Waals surface area (Å²) >= 11 is 6.74. The second kappa shape index (κ2) is 11.6. The number of hydrogen-bond donors (Lipinski definition) is 1. The highest BCUT2D eigenvalue weighted by molar-refractivity contribution is 6.33. The average molecular weight is 620 g/mol. The predicted molar refractivity (Wildman–Crippen MR) is 180 cm³/mol. The van der Waals surface area contributed by atoms with Gasteiger partial charge in [0.15, 0.2) is 5.78 Å². The Kier molecular flexibility index (Phi) is 7.60. The first-order valence-electron chi connectivity index (χ1n) is 16.0. The lowest BCUT2D eigenvalue weighted by molar-refractivity contribution is -0.112. The molecule has 3 heterocycles. The van der Waals surface area contributed by atoms with Crippen molar-refractivity contribution in [2.75, 3.05) is 0 Å². The Hall–Kier alpha value is -4.23. The van der Waals surface area contributed by atoms with Crippen LogP contribution in [0.3, 0.4) is 0 Å². The van der Waals surface area contributed by atoms with Crippen molar-refractivity contribution >= 4 is 51.3 Å². The quantitative estimate of drug-likeness (QED) is 0.185. The molecule has 3 aromatic heterocycles. The van der Waals surface area contributed by atoms with E-state index >= 15 is 0 Å². The molecular formula is C37H38ClN5O2. The largest absolute Gasteiger partial charge is 0.339 e. The maximum Gasteiger partial charge on any atom is 0.252 e. The maximum atomic E-state index is 14.0. The number of allylic oxidation sites excluding steroid dienone is 1. The van der Waals surface area contributed by atoms with Crippen molar-refractivity contribution in [1.82, 2.24) is 24.4 Å². The van der Waals surface area contributed by atoms with Crippen molar-refractivity contribution in [3.63, 3.8) is 0 Å². The van der Waals surface area contributed by atoms with Gasteiger partial charge >= 0.3 is 0 Å². The second-order valence-corrected chi connectivity index (χ2v) is 13.2. The number of hydrogen-bond acceptors (Lipinski definition) is 4. The second-order valence-electron chi connectivity index (χ2n) is 12.8. The Labute approximate surface area is 268 Å². The lowest BCUT2D eigenvalue weighted by atomic mass is 9.75. The molecular weight excluding hydrogens is 582 g/mol. The molecule has 0 radical (unpaired) electrons. The van der Waals surface area contributed by atoms with Gasteiger partial charge in [0.1, 0.15) is 5.82 Å². The number of pyridine rings is 1. The third-order valence-corrected chi connectivity index (χ3v) is 10.2. The monoisotopic (exact) mass is 619 g/mol. The van der Waals surface area contributed by atoms with Gasteiger partial charge in [0.25, 0.3) is 5.91 Å². The summed E-state index contributed by atoms with van der Waals surface area (Å²) in [5, 5.41) is 5.16. The number of halogens is 1. The molecule has 1 amide bonds. The van der Waals surface area contributed by atoms with Gasteiger partial charge in [-0.1, -0.05) is 43.0 Å². The zero-order valence-electron chi connectivity index (χ0n) is 26.1. The minimum Gasteiger partial charge on any atom is -0.339 e. The molecule has 2 aliphatic carbocycles. The minimum atomic E-state index is -0.535. The molecule has 0 saturated heterocycles. The summed E-state index contributed by atoms with van der Waals surface area (Å²) in [5.74, 6) is 0.770. The summed E-state index contributed by atoms with van der Waals surface area (Å²) in [6.07, 6.45) is 15.6. The molecule has 0 bridgehead atoms. The van der Waals surface area contributed by atoms with Crippen molar-refractivity contribution in [1.29, 1.82) is 0 Å². The SMILES string of the molecule is CC(=O)/C=C/c1ccc2nc(C3(NC(=O)c4ccc5c(c4)c(C)c(-c4cnccc4Cl)n5C4CCCCC4)CCC3)n(C)c2c1. The summed E-state index contributed by atoms with van der Waals surface area (Å²) in [5.41, 5.74) is 7.16. The summed E-state index contributed by atoms with van der Waals surface area (Å²) < 4.78 is 4.54. The third-order valence-electron chi connectivity index (χ3n) is 9.88. The van der Waals surface area contributed by atoms with Crippen LogP contribution in [0.2, 0.25) is 5.02 Å². The molecule has 2 fully saturated rings. The normalized spacial score (nSPS) is 16.8. The van der Waals surface area contributed by atoms with Gasteiger partial charge in [0, 0.05) is 47.5 Å². The Balaban J connectivity index is 1.25. The zero-order valence-corrected chi connectivity index (χ0v) is 26.8. The Morgan fingerprint density at radius 3 is 2.53 bits per heavy atom. The van der Waals surface area contributed by atoms with Crippen LogP contribution in [-0.2, 0) is 17.4 Å². The molecule has 0 spiro atoms. The van der Waals surface area contributed by atoms with E-state index in [9.17, 15) is 9.59 Å². The van der Waals surface area contributed by atoms with Gasteiger partial charge in [0.2, 0.25) is 0 Å². The molecule has 2 aromatic carbocycles. The van der Waals surface area contributed by atoms with Crippen LogP contribution in [0.15, 0.2) is 60.9 Å². The van der Waals surface area contributed by atoms with E-state index < -0.39 is 5.54 Å². The molecule has 2 saturated carbocycles. The number of rotatable bonds is 7. The Morgan fingerprint density at radius 1 is 1.02 bits per heavy atom. The average Bonchev–Trinajstić information content (AvgIpc) is 3.51. The topological polar surface area (TPSA) is 81.8 Å². The van der Waals surface area contributed by atoms with E-state index in [0.717, 1.165) is 82.2 Å². The number of amides is 1. The van der Waals surface area contributed by atoms with Gasteiger partial charge in [-0.05, 0) is 99.6 Å². The fourth-order valence-corrected chi connectivity index (χ4v) is 7.59. The van der Waals surface area contributed by atoms with Crippen molar-refractivity contribution in [3.05, 3.63) is 88.5 Å². The molecule has 7 nitrogen and oxygen atoms in total. The fourth-order valence-electron chi connectivity index (χ4n) is 7.39. The van der Waals surface area contributed by atoms with Crippen LogP contribution in [-0.4, -0.2) is 30.8 Å². The summed E-state index contributed by atoms with van der Waals surface area (Å²) in [7, 11) is 2.00. The fraction of sp³-hybridized carbons (Fsp3) is 0.351. The lowest BCUT2D eigenvalue weighted by Gasteiger charge is -2.41. The van der Waals surface area contributed by atoms with Gasteiger partial charge < -0.3 is 14.5 Å². The number of carbonyl (C=O) groups is 2. The highest BCUT2D eigenvalue weighted by Gasteiger charge is 2.44. The van der Waals surface area contributed by atoms with E-state index in [1.165, 1.54) is 19.3 Å². The Morgan fingerprint density at radius 2 is 1.82 bits per heavy atom. The molecule has 1 N–H and O–H groups in total. The minimum absolute atomic E-state index is 0.00737. The molecule has 7 rings (SSSR count). The number of nitrogens with one attached hydrogen (secondary N) is 1. The molecule has 45 heavy (non-hydrogen) atoms. The van der Waals surface area contributed by atoms with Crippen LogP contribution >= 0.6 is 11.6 Å². The van der Waals surface area contributed by atoms with Crippen LogP contribution in [0.4, 0.5) is 0 Å². The number of aromatic nitrogens is 4. The highest BCUT2D eigenvalue weighted by Crippen LogP contribution is 2.44. The van der Waals surface area contributed by atoms with E-state index in [-0.39, 0.29) is 11.7 Å². The van der Waals surface area contributed by atoms with E-state index in [0.29, 0.717) is 16.6 Å². The molecule has 0 unspecified atom stereocenters. The first-order chi connectivity index (χ1) is 21.8. The van der Waals surface area contributed by atoms with E-state index in [2.05, 4.69) is 32.4 Å². The number of nitrogens with zero attached hydrogens (tertiary/aromatic N) is 4. The Bertz CT molecular complexity index is 1990. The van der Waals surface area contributed by atoms with Gasteiger partial charge in [-0.2, -0.15) is 0 Å². The third kappa shape index (κ3) is 5.17. The first-order valence-corrected chi connectivity index (χ1v) is 16.4. The van der Waals surface area contributed by atoms with Gasteiger partial charge in [-0.15, -0.1) is 0 Å². The van der Waals surface area contributed by atoms with Crippen molar-refractivity contribution in [2.45, 2.75) is 76.8 Å².